The molecule has 7 nitrogen and oxygen atoms in total. The van der Waals surface area contributed by atoms with Gasteiger partial charge in [0.2, 0.25) is 0 Å². The van der Waals surface area contributed by atoms with Gasteiger partial charge in [-0.05, 0) is 6.42 Å². The molecule has 0 radical (unpaired) electrons. The molecular formula is C11H15N3O4S. The second-order valence-electron chi connectivity index (χ2n) is 4.24. The number of anilines is 1. The van der Waals surface area contributed by atoms with Crippen molar-refractivity contribution in [3.05, 3.63) is 18.1 Å². The molecule has 0 N–H and O–H groups in total. The van der Waals surface area contributed by atoms with Gasteiger partial charge in [-0.1, -0.05) is 0 Å². The van der Waals surface area contributed by atoms with E-state index in [9.17, 15) is 13.2 Å². The minimum atomic E-state index is -2.95. The SMILES string of the molecule is COC(=O)c1cnc(N2CCCS(=O)(=O)CC2)cn1. The first kappa shape index (κ1) is 13.7. The summed E-state index contributed by atoms with van der Waals surface area (Å²) < 4.78 is 27.5. The van der Waals surface area contributed by atoms with Gasteiger partial charge >= 0.3 is 5.97 Å². The maximum Gasteiger partial charge on any atom is 0.358 e. The van der Waals surface area contributed by atoms with Gasteiger partial charge in [0, 0.05) is 13.1 Å². The van der Waals surface area contributed by atoms with E-state index in [0.717, 1.165) is 0 Å². The van der Waals surface area contributed by atoms with Gasteiger partial charge in [0.15, 0.2) is 15.5 Å². The summed E-state index contributed by atoms with van der Waals surface area (Å²) in [5.74, 6) is 0.354. The van der Waals surface area contributed by atoms with Crippen molar-refractivity contribution >= 4 is 21.6 Å². The van der Waals surface area contributed by atoms with Crippen LogP contribution in [0, 0.1) is 0 Å². The fourth-order valence-electron chi connectivity index (χ4n) is 1.86. The number of esters is 1. The number of hydrogen-bond donors (Lipinski definition) is 0. The van der Waals surface area contributed by atoms with Crippen LogP contribution in [-0.2, 0) is 14.6 Å². The van der Waals surface area contributed by atoms with Crippen LogP contribution in [0.15, 0.2) is 12.4 Å². The number of nitrogens with zero attached hydrogens (tertiary/aromatic N) is 3. The van der Waals surface area contributed by atoms with Crippen molar-refractivity contribution in [1.29, 1.82) is 0 Å². The third kappa shape index (κ3) is 3.40. The number of carbonyl (C=O) groups is 1. The van der Waals surface area contributed by atoms with E-state index in [-0.39, 0.29) is 17.2 Å². The van der Waals surface area contributed by atoms with Crippen molar-refractivity contribution in [1.82, 2.24) is 9.97 Å². The number of sulfone groups is 1. The molecule has 1 aliphatic heterocycles. The molecule has 0 spiro atoms. The first-order valence-electron chi connectivity index (χ1n) is 5.87. The van der Waals surface area contributed by atoms with Crippen molar-refractivity contribution in [3.63, 3.8) is 0 Å². The molecule has 1 aromatic rings. The van der Waals surface area contributed by atoms with Crippen LogP contribution in [-0.4, -0.2) is 56.1 Å². The normalized spacial score (nSPS) is 18.7. The van der Waals surface area contributed by atoms with Crippen LogP contribution in [0.2, 0.25) is 0 Å². The van der Waals surface area contributed by atoms with Gasteiger partial charge in [0.1, 0.15) is 5.82 Å². The maximum absolute atomic E-state index is 11.5. The Morgan fingerprint density at radius 1 is 1.26 bits per heavy atom. The first-order valence-corrected chi connectivity index (χ1v) is 7.70. The van der Waals surface area contributed by atoms with Crippen molar-refractivity contribution in [2.45, 2.75) is 6.42 Å². The van der Waals surface area contributed by atoms with E-state index in [1.165, 1.54) is 19.5 Å². The van der Waals surface area contributed by atoms with E-state index in [0.29, 0.717) is 25.3 Å². The molecule has 104 valence electrons. The highest BCUT2D eigenvalue weighted by atomic mass is 32.2. The monoisotopic (exact) mass is 285 g/mol. The molecule has 2 heterocycles. The van der Waals surface area contributed by atoms with E-state index >= 15 is 0 Å². The van der Waals surface area contributed by atoms with Gasteiger partial charge in [-0.25, -0.2) is 23.2 Å². The summed E-state index contributed by atoms with van der Waals surface area (Å²) in [5, 5.41) is 0. The lowest BCUT2D eigenvalue weighted by Gasteiger charge is -2.20. The highest BCUT2D eigenvalue weighted by Gasteiger charge is 2.20. The van der Waals surface area contributed by atoms with Gasteiger partial charge in [0.05, 0.1) is 31.0 Å². The van der Waals surface area contributed by atoms with Gasteiger partial charge in [0.25, 0.3) is 0 Å². The maximum atomic E-state index is 11.5. The second-order valence-corrected chi connectivity index (χ2v) is 6.55. The molecule has 0 aliphatic carbocycles. The molecule has 1 aliphatic rings. The zero-order valence-electron chi connectivity index (χ0n) is 10.6. The van der Waals surface area contributed by atoms with Crippen molar-refractivity contribution < 1.29 is 17.9 Å². The highest BCUT2D eigenvalue weighted by Crippen LogP contribution is 2.13. The third-order valence-electron chi connectivity index (χ3n) is 2.91. The molecule has 2 rings (SSSR count). The van der Waals surface area contributed by atoms with Crippen LogP contribution < -0.4 is 4.90 Å². The molecule has 0 amide bonds. The van der Waals surface area contributed by atoms with E-state index < -0.39 is 15.8 Å². The summed E-state index contributed by atoms with van der Waals surface area (Å²) in [6.07, 6.45) is 3.37. The summed E-state index contributed by atoms with van der Waals surface area (Å²) >= 11 is 0. The topological polar surface area (TPSA) is 89.5 Å². The predicted molar refractivity (Wildman–Crippen MR) is 68.9 cm³/mol. The fraction of sp³-hybridized carbons (Fsp3) is 0.545. The van der Waals surface area contributed by atoms with E-state index in [4.69, 9.17) is 0 Å². The lowest BCUT2D eigenvalue weighted by atomic mass is 10.4. The summed E-state index contributed by atoms with van der Waals surface area (Å²) in [6, 6.07) is 0. The summed E-state index contributed by atoms with van der Waals surface area (Å²) in [5.41, 5.74) is 0.133. The lowest BCUT2D eigenvalue weighted by Crippen LogP contribution is -2.27. The zero-order chi connectivity index (χ0) is 13.9. The lowest BCUT2D eigenvalue weighted by molar-refractivity contribution is 0.0593. The predicted octanol–water partition coefficient (Wildman–Crippen LogP) is -0.112. The minimum Gasteiger partial charge on any atom is -0.464 e. The molecule has 0 bridgehead atoms. The number of rotatable bonds is 2. The van der Waals surface area contributed by atoms with Crippen LogP contribution in [0.25, 0.3) is 0 Å². The standard InChI is InChI=1S/C11H15N3O4S/c1-18-11(15)9-7-13-10(8-12-9)14-3-2-5-19(16,17)6-4-14/h7-8H,2-6H2,1H3. The first-order chi connectivity index (χ1) is 9.02. The Hall–Kier alpha value is -1.70. The Morgan fingerprint density at radius 2 is 2.05 bits per heavy atom. The average molecular weight is 285 g/mol. The molecular weight excluding hydrogens is 270 g/mol. The van der Waals surface area contributed by atoms with Crippen LogP contribution in [0.1, 0.15) is 16.9 Å². The van der Waals surface area contributed by atoms with Crippen LogP contribution >= 0.6 is 0 Å². The minimum absolute atomic E-state index is 0.118. The number of ether oxygens (including phenoxy) is 1. The van der Waals surface area contributed by atoms with E-state index in [2.05, 4.69) is 14.7 Å². The Morgan fingerprint density at radius 3 is 2.68 bits per heavy atom. The average Bonchev–Trinajstić information content (AvgIpc) is 2.59. The highest BCUT2D eigenvalue weighted by molar-refractivity contribution is 7.91. The van der Waals surface area contributed by atoms with E-state index in [1.807, 2.05) is 4.90 Å². The van der Waals surface area contributed by atoms with Crippen LogP contribution in [0.4, 0.5) is 5.82 Å². The third-order valence-corrected chi connectivity index (χ3v) is 4.63. The van der Waals surface area contributed by atoms with Crippen LogP contribution in [0.3, 0.4) is 0 Å². The number of carbonyl (C=O) groups excluding carboxylic acids is 1. The van der Waals surface area contributed by atoms with Crippen LogP contribution in [0.5, 0.6) is 0 Å². The molecule has 0 atom stereocenters. The summed E-state index contributed by atoms with van der Waals surface area (Å²) in [6.45, 7) is 1.01. The van der Waals surface area contributed by atoms with E-state index in [1.54, 1.807) is 0 Å². The Labute approximate surface area is 111 Å². The number of hydrogen-bond acceptors (Lipinski definition) is 7. The Kier molecular flexibility index (Phi) is 3.98. The molecule has 19 heavy (non-hydrogen) atoms. The number of aromatic nitrogens is 2. The largest absolute Gasteiger partial charge is 0.464 e. The van der Waals surface area contributed by atoms with Crippen molar-refractivity contribution in [2.75, 3.05) is 36.6 Å². The quantitative estimate of drug-likeness (QED) is 0.700. The summed E-state index contributed by atoms with van der Waals surface area (Å²) in [7, 11) is -1.67. The van der Waals surface area contributed by atoms with Gasteiger partial charge in [-0.15, -0.1) is 0 Å². The molecule has 0 saturated carbocycles. The molecule has 1 saturated heterocycles. The van der Waals surface area contributed by atoms with Gasteiger partial charge in [-0.2, -0.15) is 0 Å². The zero-order valence-corrected chi connectivity index (χ0v) is 11.4. The molecule has 0 unspecified atom stereocenters. The smallest absolute Gasteiger partial charge is 0.358 e. The Bertz CT molecular complexity index is 556. The molecule has 8 heteroatoms. The van der Waals surface area contributed by atoms with Gasteiger partial charge in [-0.3, -0.25) is 0 Å². The second kappa shape index (κ2) is 5.52. The molecule has 0 aromatic carbocycles. The number of methoxy groups -OCH3 is 1. The van der Waals surface area contributed by atoms with Gasteiger partial charge < -0.3 is 9.64 Å². The van der Waals surface area contributed by atoms with Crippen molar-refractivity contribution in [3.8, 4) is 0 Å². The molecule has 1 aromatic heterocycles. The fourth-order valence-corrected chi connectivity index (χ4v) is 3.13. The summed E-state index contributed by atoms with van der Waals surface area (Å²) in [4.78, 5) is 21.2. The Balaban J connectivity index is 2.12. The van der Waals surface area contributed by atoms with Crippen molar-refractivity contribution in [2.24, 2.45) is 0 Å². The molecule has 1 fully saturated rings.